The Balaban J connectivity index is 2.26. The molecule has 1 aliphatic heterocycles. The minimum atomic E-state index is -1.25. The standard InChI is InChI=1S/C10H8F3NO2/c11-6-2-8(13)7(12)1-5(6)9-3-14-10(15)4-16-9/h1-2,9H,3-4H2,(H,14,15)/t9-/m0/s1. The number of carbonyl (C=O) groups excluding carboxylic acids is 1. The molecule has 0 aromatic heterocycles. The third-order valence-corrected chi connectivity index (χ3v) is 2.29. The summed E-state index contributed by atoms with van der Waals surface area (Å²) in [4.78, 5) is 10.8. The van der Waals surface area contributed by atoms with Crippen LogP contribution in [0.25, 0.3) is 0 Å². The van der Waals surface area contributed by atoms with E-state index >= 15 is 0 Å². The summed E-state index contributed by atoms with van der Waals surface area (Å²) in [5.41, 5.74) is -0.0982. The van der Waals surface area contributed by atoms with Crippen molar-refractivity contribution in [3.05, 3.63) is 35.1 Å². The molecule has 1 fully saturated rings. The van der Waals surface area contributed by atoms with E-state index in [0.717, 1.165) is 6.07 Å². The number of halogens is 3. The second kappa shape index (κ2) is 4.13. The second-order valence-electron chi connectivity index (χ2n) is 3.39. The van der Waals surface area contributed by atoms with Crippen molar-refractivity contribution < 1.29 is 22.7 Å². The van der Waals surface area contributed by atoms with Crippen LogP contribution < -0.4 is 5.32 Å². The van der Waals surface area contributed by atoms with E-state index in [1.807, 2.05) is 0 Å². The summed E-state index contributed by atoms with van der Waals surface area (Å²) in [5, 5.41) is 2.45. The summed E-state index contributed by atoms with van der Waals surface area (Å²) in [5.74, 6) is -3.60. The number of nitrogens with one attached hydrogen (secondary N) is 1. The first-order valence-electron chi connectivity index (χ1n) is 4.60. The van der Waals surface area contributed by atoms with Crippen molar-refractivity contribution >= 4 is 5.91 Å². The van der Waals surface area contributed by atoms with Crippen LogP contribution in [0.5, 0.6) is 0 Å². The van der Waals surface area contributed by atoms with Crippen molar-refractivity contribution in [2.45, 2.75) is 6.10 Å². The van der Waals surface area contributed by atoms with Gasteiger partial charge < -0.3 is 10.1 Å². The third-order valence-electron chi connectivity index (χ3n) is 2.29. The number of hydrogen-bond donors (Lipinski definition) is 1. The van der Waals surface area contributed by atoms with E-state index in [2.05, 4.69) is 5.32 Å². The zero-order chi connectivity index (χ0) is 11.7. The lowest BCUT2D eigenvalue weighted by molar-refractivity contribution is -0.133. The maximum Gasteiger partial charge on any atom is 0.246 e. The van der Waals surface area contributed by atoms with Gasteiger partial charge in [0, 0.05) is 18.2 Å². The number of amides is 1. The fourth-order valence-corrected chi connectivity index (χ4v) is 1.48. The molecule has 3 nitrogen and oxygen atoms in total. The molecule has 86 valence electrons. The third kappa shape index (κ3) is 2.01. The molecule has 1 heterocycles. The highest BCUT2D eigenvalue weighted by Crippen LogP contribution is 2.24. The van der Waals surface area contributed by atoms with Crippen molar-refractivity contribution in [3.63, 3.8) is 0 Å². The van der Waals surface area contributed by atoms with Gasteiger partial charge in [-0.05, 0) is 6.07 Å². The molecule has 0 spiro atoms. The van der Waals surface area contributed by atoms with Crippen molar-refractivity contribution in [1.82, 2.24) is 5.32 Å². The van der Waals surface area contributed by atoms with E-state index in [1.54, 1.807) is 0 Å². The minimum Gasteiger partial charge on any atom is -0.362 e. The molecule has 6 heteroatoms. The van der Waals surface area contributed by atoms with Crippen molar-refractivity contribution in [2.24, 2.45) is 0 Å². The van der Waals surface area contributed by atoms with Crippen LogP contribution in [0.15, 0.2) is 12.1 Å². The van der Waals surface area contributed by atoms with Crippen molar-refractivity contribution in [1.29, 1.82) is 0 Å². The van der Waals surface area contributed by atoms with E-state index in [1.165, 1.54) is 0 Å². The van der Waals surface area contributed by atoms with Crippen LogP contribution in [0, 0.1) is 17.5 Å². The van der Waals surface area contributed by atoms with E-state index in [9.17, 15) is 18.0 Å². The Morgan fingerprint density at radius 1 is 1.19 bits per heavy atom. The Morgan fingerprint density at radius 2 is 1.88 bits per heavy atom. The van der Waals surface area contributed by atoms with Gasteiger partial charge in [0.15, 0.2) is 11.6 Å². The predicted octanol–water partition coefficient (Wildman–Crippen LogP) is 1.29. The molecule has 2 rings (SSSR count). The van der Waals surface area contributed by atoms with Gasteiger partial charge in [-0.1, -0.05) is 0 Å². The molecule has 1 aromatic carbocycles. The molecule has 0 aliphatic carbocycles. The summed E-state index contributed by atoms with van der Waals surface area (Å²) >= 11 is 0. The van der Waals surface area contributed by atoms with Crippen LogP contribution in [0.3, 0.4) is 0 Å². The maximum atomic E-state index is 13.3. The molecule has 1 atom stereocenters. The lowest BCUT2D eigenvalue weighted by atomic mass is 10.1. The van der Waals surface area contributed by atoms with E-state index < -0.39 is 23.6 Å². The lowest BCUT2D eigenvalue weighted by Crippen LogP contribution is -2.39. The molecule has 1 aliphatic rings. The molecule has 1 N–H and O–H groups in total. The molecule has 0 radical (unpaired) electrons. The number of hydrogen-bond acceptors (Lipinski definition) is 2. The Kier molecular flexibility index (Phi) is 2.82. The Labute approximate surface area is 89.2 Å². The molecule has 16 heavy (non-hydrogen) atoms. The summed E-state index contributed by atoms with van der Waals surface area (Å²) in [6.07, 6.45) is -0.784. The van der Waals surface area contributed by atoms with Crippen LogP contribution in [0.4, 0.5) is 13.2 Å². The Bertz CT molecular complexity index is 426. The number of carbonyl (C=O) groups is 1. The molecule has 0 bridgehead atoms. The highest BCUT2D eigenvalue weighted by Gasteiger charge is 2.24. The van der Waals surface area contributed by atoms with Gasteiger partial charge in [-0.25, -0.2) is 13.2 Å². The number of benzene rings is 1. The zero-order valence-electron chi connectivity index (χ0n) is 8.10. The first-order chi connectivity index (χ1) is 7.58. The van der Waals surface area contributed by atoms with Gasteiger partial charge >= 0.3 is 0 Å². The predicted molar refractivity (Wildman–Crippen MR) is 48.0 cm³/mol. The second-order valence-corrected chi connectivity index (χ2v) is 3.39. The first-order valence-corrected chi connectivity index (χ1v) is 4.60. The van der Waals surface area contributed by atoms with E-state index in [-0.39, 0.29) is 24.6 Å². The van der Waals surface area contributed by atoms with Crippen LogP contribution >= 0.6 is 0 Å². The topological polar surface area (TPSA) is 38.3 Å². The number of morpholine rings is 1. The summed E-state index contributed by atoms with van der Waals surface area (Å²) in [7, 11) is 0. The molecule has 0 saturated carbocycles. The quantitative estimate of drug-likeness (QED) is 0.739. The fraction of sp³-hybridized carbons (Fsp3) is 0.300. The van der Waals surface area contributed by atoms with Crippen molar-refractivity contribution in [2.75, 3.05) is 13.2 Å². The van der Waals surface area contributed by atoms with Crippen LogP contribution in [0.2, 0.25) is 0 Å². The summed E-state index contributed by atoms with van der Waals surface area (Å²) in [6, 6.07) is 1.21. The molecule has 1 saturated heterocycles. The highest BCUT2D eigenvalue weighted by atomic mass is 19.2. The van der Waals surface area contributed by atoms with Crippen LogP contribution in [0.1, 0.15) is 11.7 Å². The summed E-state index contributed by atoms with van der Waals surface area (Å²) < 4.78 is 43.9. The van der Waals surface area contributed by atoms with Gasteiger partial charge in [0.25, 0.3) is 0 Å². The SMILES string of the molecule is O=C1CO[C@H](c2cc(F)c(F)cc2F)CN1. The molecule has 1 amide bonds. The fourth-order valence-electron chi connectivity index (χ4n) is 1.48. The van der Waals surface area contributed by atoms with Gasteiger partial charge in [0.2, 0.25) is 5.91 Å². The largest absolute Gasteiger partial charge is 0.362 e. The molecular weight excluding hydrogens is 223 g/mol. The van der Waals surface area contributed by atoms with Crippen LogP contribution in [-0.4, -0.2) is 19.1 Å². The highest BCUT2D eigenvalue weighted by molar-refractivity contribution is 5.77. The monoisotopic (exact) mass is 231 g/mol. The van der Waals surface area contributed by atoms with Gasteiger partial charge in [-0.3, -0.25) is 4.79 Å². The minimum absolute atomic E-state index is 0.0425. The average molecular weight is 231 g/mol. The smallest absolute Gasteiger partial charge is 0.246 e. The van der Waals surface area contributed by atoms with Crippen LogP contribution in [-0.2, 0) is 9.53 Å². The zero-order valence-corrected chi connectivity index (χ0v) is 8.10. The number of rotatable bonds is 1. The summed E-state index contributed by atoms with van der Waals surface area (Å²) in [6.45, 7) is -0.177. The van der Waals surface area contributed by atoms with Gasteiger partial charge in [0.05, 0.1) is 0 Å². The first kappa shape index (κ1) is 10.9. The van der Waals surface area contributed by atoms with Crippen molar-refractivity contribution in [3.8, 4) is 0 Å². The van der Waals surface area contributed by atoms with Gasteiger partial charge in [0.1, 0.15) is 18.5 Å². The van der Waals surface area contributed by atoms with Gasteiger partial charge in [-0.15, -0.1) is 0 Å². The maximum absolute atomic E-state index is 13.3. The van der Waals surface area contributed by atoms with E-state index in [0.29, 0.717) is 6.07 Å². The van der Waals surface area contributed by atoms with E-state index in [4.69, 9.17) is 4.74 Å². The average Bonchev–Trinajstić information content (AvgIpc) is 2.25. The Morgan fingerprint density at radius 3 is 2.50 bits per heavy atom. The normalized spacial score (nSPS) is 20.7. The molecular formula is C10H8F3NO2. The van der Waals surface area contributed by atoms with Gasteiger partial charge in [-0.2, -0.15) is 0 Å². The molecule has 1 aromatic rings. The molecule has 0 unspecified atom stereocenters. The Hall–Kier alpha value is -1.56. The lowest BCUT2D eigenvalue weighted by Gasteiger charge is -2.23. The number of ether oxygens (including phenoxy) is 1.